The van der Waals surface area contributed by atoms with Gasteiger partial charge in [0.1, 0.15) is 17.6 Å². The van der Waals surface area contributed by atoms with E-state index in [4.69, 9.17) is 15.5 Å². The van der Waals surface area contributed by atoms with Gasteiger partial charge in [-0.1, -0.05) is 25.3 Å². The van der Waals surface area contributed by atoms with E-state index in [1.807, 2.05) is 35.4 Å². The zero-order valence-corrected chi connectivity index (χ0v) is 23.6. The molecule has 1 aromatic carbocycles. The van der Waals surface area contributed by atoms with Crippen molar-refractivity contribution in [1.82, 2.24) is 4.98 Å². The van der Waals surface area contributed by atoms with Crippen LogP contribution in [0.25, 0.3) is 5.57 Å². The van der Waals surface area contributed by atoms with Gasteiger partial charge < -0.3 is 10.5 Å². The van der Waals surface area contributed by atoms with Crippen LogP contribution >= 0.6 is 0 Å². The Morgan fingerprint density at radius 2 is 1.88 bits per heavy atom. The molecule has 3 aliphatic carbocycles. The lowest BCUT2D eigenvalue weighted by Crippen LogP contribution is -2.41. The van der Waals surface area contributed by atoms with E-state index in [0.29, 0.717) is 41.6 Å². The van der Waals surface area contributed by atoms with E-state index in [1.54, 1.807) is 19.5 Å². The van der Waals surface area contributed by atoms with Crippen LogP contribution in [0.3, 0.4) is 0 Å². The Hall–Kier alpha value is -3.66. The summed E-state index contributed by atoms with van der Waals surface area (Å²) in [6, 6.07) is 12.6. The van der Waals surface area contributed by atoms with Crippen molar-refractivity contribution in [1.29, 1.82) is 5.26 Å². The number of hydrogen-bond acceptors (Lipinski definition) is 6. The number of hydrogen-bond donors (Lipinski definition) is 1. The predicted octanol–water partition coefficient (Wildman–Crippen LogP) is 6.38. The molecule has 2 aromatic rings. The summed E-state index contributed by atoms with van der Waals surface area (Å²) < 4.78 is 5.33. The average molecular weight is 540 g/mol. The summed E-state index contributed by atoms with van der Waals surface area (Å²) >= 11 is 0. The van der Waals surface area contributed by atoms with Crippen molar-refractivity contribution >= 4 is 23.5 Å². The first-order valence-corrected chi connectivity index (χ1v) is 14.9. The number of aromatic nitrogens is 1. The number of pyridine rings is 1. The van der Waals surface area contributed by atoms with Crippen LogP contribution in [0.4, 0.5) is 5.82 Å². The highest BCUT2D eigenvalue weighted by atomic mass is 16.5. The maximum absolute atomic E-state index is 13.9. The molecule has 3 aliphatic rings. The van der Waals surface area contributed by atoms with Gasteiger partial charge in [-0.3, -0.25) is 14.7 Å². The van der Waals surface area contributed by atoms with Crippen molar-refractivity contribution in [3.8, 4) is 11.8 Å². The van der Waals surface area contributed by atoms with Crippen LogP contribution in [0.2, 0.25) is 0 Å². The van der Waals surface area contributed by atoms with E-state index in [9.17, 15) is 10.1 Å². The Morgan fingerprint density at radius 3 is 2.55 bits per heavy atom. The predicted molar refractivity (Wildman–Crippen MR) is 159 cm³/mol. The number of nitrogens with zero attached hydrogens (tertiary/aromatic N) is 4. The summed E-state index contributed by atoms with van der Waals surface area (Å²) in [5.74, 6) is 2.44. The highest BCUT2D eigenvalue weighted by molar-refractivity contribution is 6.10. The molecule has 0 unspecified atom stereocenters. The average Bonchev–Trinajstić information content (AvgIpc) is 3.85. The van der Waals surface area contributed by atoms with Crippen molar-refractivity contribution in [2.45, 2.75) is 82.6 Å². The zero-order chi connectivity index (χ0) is 27.9. The van der Waals surface area contributed by atoms with Gasteiger partial charge >= 0.3 is 0 Å². The first kappa shape index (κ1) is 27.9. The van der Waals surface area contributed by atoms with Crippen LogP contribution in [0, 0.1) is 23.2 Å². The molecule has 0 spiro atoms. The summed E-state index contributed by atoms with van der Waals surface area (Å²) in [5, 5.41) is 9.52. The van der Waals surface area contributed by atoms with Crippen molar-refractivity contribution in [2.75, 3.05) is 18.6 Å². The van der Waals surface area contributed by atoms with E-state index in [0.717, 1.165) is 75.3 Å². The molecule has 7 heteroatoms. The lowest BCUT2D eigenvalue weighted by molar-refractivity contribution is -0.123. The number of benzene rings is 1. The van der Waals surface area contributed by atoms with Crippen LogP contribution in [-0.2, 0) is 4.79 Å². The standard InChI is InChI=1S/C33H41N5O2/c1-40-31-14-11-26(17-28(31)19-34)24-9-7-23(8-10-24)22-38(33(39)25-5-3-2-4-6-25)32-18-27(15-16-36-32)29(20-35)21-37-30-12-13-30/h11,14-18,20-21,23-25,30H,2-10,12-13,22,35H2,1H3. The fourth-order valence-corrected chi connectivity index (χ4v) is 6.24. The third kappa shape index (κ3) is 6.72. The van der Waals surface area contributed by atoms with Gasteiger partial charge in [-0.2, -0.15) is 5.26 Å². The van der Waals surface area contributed by atoms with E-state index >= 15 is 0 Å². The molecule has 2 N–H and O–H groups in total. The molecular formula is C33H41N5O2. The normalized spacial score (nSPS) is 22.1. The van der Waals surface area contributed by atoms with E-state index < -0.39 is 0 Å². The Labute approximate surface area is 238 Å². The molecular weight excluding hydrogens is 498 g/mol. The number of anilines is 1. The number of carbonyl (C=O) groups excluding carboxylic acids is 1. The van der Waals surface area contributed by atoms with Crippen LogP contribution in [0.15, 0.2) is 47.7 Å². The number of aliphatic imine (C=N–C) groups is 1. The number of nitriles is 1. The van der Waals surface area contributed by atoms with Crippen molar-refractivity contribution in [2.24, 2.45) is 22.6 Å². The molecule has 40 heavy (non-hydrogen) atoms. The smallest absolute Gasteiger partial charge is 0.231 e. The minimum Gasteiger partial charge on any atom is -0.495 e. The Morgan fingerprint density at radius 1 is 1.10 bits per heavy atom. The quantitative estimate of drug-likeness (QED) is 0.372. The third-order valence-corrected chi connectivity index (χ3v) is 8.83. The lowest BCUT2D eigenvalue weighted by Gasteiger charge is -2.35. The van der Waals surface area contributed by atoms with Crippen LogP contribution < -0.4 is 15.4 Å². The third-order valence-electron chi connectivity index (χ3n) is 8.83. The van der Waals surface area contributed by atoms with Crippen LogP contribution in [0.5, 0.6) is 5.75 Å². The summed E-state index contributed by atoms with van der Waals surface area (Å²) in [5.41, 5.74) is 9.57. The molecule has 5 rings (SSSR count). The molecule has 0 saturated heterocycles. The number of allylic oxidation sites excluding steroid dienone is 1. The van der Waals surface area contributed by atoms with E-state index in [2.05, 4.69) is 17.1 Å². The summed E-state index contributed by atoms with van der Waals surface area (Å²) in [6.07, 6.45) is 17.0. The molecule has 3 saturated carbocycles. The maximum atomic E-state index is 13.9. The van der Waals surface area contributed by atoms with Gasteiger partial charge in [-0.25, -0.2) is 4.98 Å². The first-order valence-electron chi connectivity index (χ1n) is 14.9. The minimum absolute atomic E-state index is 0.0696. The Balaban J connectivity index is 1.32. The molecule has 7 nitrogen and oxygen atoms in total. The molecule has 0 bridgehead atoms. The summed E-state index contributed by atoms with van der Waals surface area (Å²) in [6.45, 7) is 0.683. The minimum atomic E-state index is 0.0696. The van der Waals surface area contributed by atoms with Crippen LogP contribution in [0.1, 0.15) is 93.2 Å². The highest BCUT2D eigenvalue weighted by Gasteiger charge is 2.31. The maximum Gasteiger partial charge on any atom is 0.231 e. The van der Waals surface area contributed by atoms with Crippen molar-refractivity contribution < 1.29 is 9.53 Å². The van der Waals surface area contributed by atoms with Gasteiger partial charge in [0.15, 0.2) is 0 Å². The number of methoxy groups -OCH3 is 1. The monoisotopic (exact) mass is 539 g/mol. The molecule has 1 heterocycles. The van der Waals surface area contributed by atoms with Crippen molar-refractivity contribution in [3.63, 3.8) is 0 Å². The number of amides is 1. The molecule has 1 aromatic heterocycles. The van der Waals surface area contributed by atoms with Gasteiger partial charge in [0.05, 0.1) is 18.7 Å². The molecule has 0 atom stereocenters. The Bertz CT molecular complexity index is 1280. The topological polar surface area (TPSA) is 105 Å². The summed E-state index contributed by atoms with van der Waals surface area (Å²) in [4.78, 5) is 25.2. The lowest BCUT2D eigenvalue weighted by atomic mass is 9.78. The van der Waals surface area contributed by atoms with Crippen molar-refractivity contribution in [3.05, 3.63) is 59.4 Å². The van der Waals surface area contributed by atoms with E-state index in [-0.39, 0.29) is 11.8 Å². The van der Waals surface area contributed by atoms with Gasteiger partial charge in [-0.15, -0.1) is 0 Å². The number of carbonyl (C=O) groups is 1. The fraction of sp³-hybridized carbons (Fsp3) is 0.515. The fourth-order valence-electron chi connectivity index (χ4n) is 6.24. The molecule has 0 radical (unpaired) electrons. The Kier molecular flexibility index (Phi) is 9.15. The van der Waals surface area contributed by atoms with Gasteiger partial charge in [-0.05, 0) is 98.6 Å². The van der Waals surface area contributed by atoms with Gasteiger partial charge in [0, 0.05) is 36.6 Å². The largest absolute Gasteiger partial charge is 0.495 e. The molecule has 3 fully saturated rings. The highest BCUT2D eigenvalue weighted by Crippen LogP contribution is 2.38. The SMILES string of the molecule is COc1ccc(C2CCC(CN(C(=O)C3CCCCC3)c3cc(C(C=NC4CC4)=CN)ccn3)CC2)cc1C#N. The number of nitrogens with two attached hydrogens (primary N) is 1. The number of ether oxygens (including phenoxy) is 1. The second-order valence-corrected chi connectivity index (χ2v) is 11.6. The zero-order valence-electron chi connectivity index (χ0n) is 23.6. The molecule has 0 aliphatic heterocycles. The summed E-state index contributed by atoms with van der Waals surface area (Å²) in [7, 11) is 1.60. The van der Waals surface area contributed by atoms with E-state index in [1.165, 1.54) is 12.0 Å². The molecule has 1 amide bonds. The number of rotatable bonds is 9. The molecule has 210 valence electrons. The first-order chi connectivity index (χ1) is 19.6. The van der Waals surface area contributed by atoms with Crippen LogP contribution in [-0.4, -0.2) is 36.8 Å². The van der Waals surface area contributed by atoms with Gasteiger partial charge in [0.2, 0.25) is 5.91 Å². The second kappa shape index (κ2) is 13.1. The van der Waals surface area contributed by atoms with Gasteiger partial charge in [0.25, 0.3) is 0 Å². The second-order valence-electron chi connectivity index (χ2n) is 11.6.